The predicted octanol–water partition coefficient (Wildman–Crippen LogP) is 2.39. The van der Waals surface area contributed by atoms with Crippen molar-refractivity contribution in [3.05, 3.63) is 69.8 Å². The molecule has 1 heterocycles. The van der Waals surface area contributed by atoms with E-state index in [1.165, 1.54) is 12.1 Å². The molecule has 1 aliphatic heterocycles. The number of aliphatic hydroxyl groups excluding tert-OH is 1. The summed E-state index contributed by atoms with van der Waals surface area (Å²) in [5, 5.41) is 24.1. The third-order valence-corrected chi connectivity index (χ3v) is 4.30. The summed E-state index contributed by atoms with van der Waals surface area (Å²) in [7, 11) is 0. The van der Waals surface area contributed by atoms with Crippen LogP contribution in [0.25, 0.3) is 0 Å². The van der Waals surface area contributed by atoms with E-state index in [-0.39, 0.29) is 35.9 Å². The molecule has 0 saturated carbocycles. The highest BCUT2D eigenvalue weighted by molar-refractivity contribution is 6.09. The van der Waals surface area contributed by atoms with Crippen molar-refractivity contribution < 1.29 is 19.6 Å². The molecule has 1 aliphatic rings. The number of nitro benzene ring substituents is 1. The van der Waals surface area contributed by atoms with Crippen molar-refractivity contribution in [2.75, 3.05) is 25.1 Å². The molecule has 0 aliphatic carbocycles. The molecule has 0 spiro atoms. The molecule has 0 bridgehead atoms. The second kappa shape index (κ2) is 7.00. The maximum atomic E-state index is 12.5. The second-order valence-corrected chi connectivity index (χ2v) is 6.05. The van der Waals surface area contributed by atoms with Crippen molar-refractivity contribution in [3.8, 4) is 0 Å². The van der Waals surface area contributed by atoms with Crippen LogP contribution in [0.3, 0.4) is 0 Å². The highest BCUT2D eigenvalue weighted by atomic mass is 16.6. The Kier molecular flexibility index (Phi) is 4.78. The Morgan fingerprint density at radius 2 is 2.00 bits per heavy atom. The van der Waals surface area contributed by atoms with Gasteiger partial charge in [0.05, 0.1) is 23.7 Å². The number of aliphatic hydroxyl groups is 1. The van der Waals surface area contributed by atoms with Gasteiger partial charge in [-0.2, -0.15) is 0 Å². The van der Waals surface area contributed by atoms with Gasteiger partial charge in [0, 0.05) is 23.8 Å². The lowest BCUT2D eigenvalue weighted by molar-refractivity contribution is -0.384. The highest BCUT2D eigenvalue weighted by Gasteiger charge is 2.36. The molecule has 0 radical (unpaired) electrons. The van der Waals surface area contributed by atoms with Gasteiger partial charge in [-0.25, -0.2) is 0 Å². The summed E-state index contributed by atoms with van der Waals surface area (Å²) in [6.07, 6.45) is 0.547. The zero-order valence-electron chi connectivity index (χ0n) is 13.5. The molecule has 25 heavy (non-hydrogen) atoms. The average Bonchev–Trinajstić information content (AvgIpc) is 3.11. The Hall–Kier alpha value is -2.77. The van der Waals surface area contributed by atoms with Gasteiger partial charge in [-0.15, -0.1) is 0 Å². The summed E-state index contributed by atoms with van der Waals surface area (Å²) in [4.78, 5) is 23.4. The standard InChI is InChI=1S/C18H18N2O5/c21-11-18(8-9-25-12-18)19-15-7-6-14(10-16(15)20(23)24)17(22)13-4-2-1-3-5-13/h1-7,10,19,21H,8-9,11-12H2. The maximum Gasteiger partial charge on any atom is 0.293 e. The van der Waals surface area contributed by atoms with E-state index in [1.807, 2.05) is 0 Å². The first kappa shape index (κ1) is 17.1. The number of hydrogen-bond acceptors (Lipinski definition) is 6. The van der Waals surface area contributed by atoms with E-state index in [2.05, 4.69) is 5.32 Å². The molecule has 3 rings (SSSR count). The van der Waals surface area contributed by atoms with Gasteiger partial charge in [0.15, 0.2) is 5.78 Å². The van der Waals surface area contributed by atoms with Crippen LogP contribution in [0, 0.1) is 10.1 Å². The van der Waals surface area contributed by atoms with Crippen LogP contribution in [0.15, 0.2) is 48.5 Å². The summed E-state index contributed by atoms with van der Waals surface area (Å²) in [6, 6.07) is 12.9. The van der Waals surface area contributed by atoms with E-state index < -0.39 is 10.5 Å². The molecule has 1 atom stereocenters. The van der Waals surface area contributed by atoms with Crippen molar-refractivity contribution in [2.45, 2.75) is 12.0 Å². The summed E-state index contributed by atoms with van der Waals surface area (Å²) in [5.41, 5.74) is 0.0174. The number of rotatable bonds is 6. The normalized spacial score (nSPS) is 19.6. The van der Waals surface area contributed by atoms with Gasteiger partial charge in [-0.3, -0.25) is 14.9 Å². The van der Waals surface area contributed by atoms with E-state index in [0.29, 0.717) is 18.6 Å². The highest BCUT2D eigenvalue weighted by Crippen LogP contribution is 2.32. The zero-order valence-corrected chi connectivity index (χ0v) is 13.5. The fourth-order valence-electron chi connectivity index (χ4n) is 2.84. The molecule has 2 aromatic carbocycles. The number of nitro groups is 1. The lowest BCUT2D eigenvalue weighted by atomic mass is 9.98. The van der Waals surface area contributed by atoms with Crippen molar-refractivity contribution >= 4 is 17.2 Å². The smallest absolute Gasteiger partial charge is 0.293 e. The van der Waals surface area contributed by atoms with Crippen molar-refractivity contribution in [3.63, 3.8) is 0 Å². The van der Waals surface area contributed by atoms with Gasteiger partial charge in [-0.1, -0.05) is 30.3 Å². The lowest BCUT2D eigenvalue weighted by Gasteiger charge is -2.27. The largest absolute Gasteiger partial charge is 0.394 e. The topological polar surface area (TPSA) is 102 Å². The molecule has 1 fully saturated rings. The van der Waals surface area contributed by atoms with E-state index in [4.69, 9.17) is 4.74 Å². The quantitative estimate of drug-likeness (QED) is 0.475. The number of anilines is 1. The maximum absolute atomic E-state index is 12.5. The molecule has 2 aromatic rings. The van der Waals surface area contributed by atoms with Gasteiger partial charge in [-0.05, 0) is 18.6 Å². The number of ether oxygens (including phenoxy) is 1. The Labute approximate surface area is 144 Å². The molecule has 1 saturated heterocycles. The van der Waals surface area contributed by atoms with Crippen molar-refractivity contribution in [1.82, 2.24) is 0 Å². The number of hydrogen-bond donors (Lipinski definition) is 2. The minimum absolute atomic E-state index is 0.200. The number of ketones is 1. The average molecular weight is 342 g/mol. The molecule has 1 unspecified atom stereocenters. The lowest BCUT2D eigenvalue weighted by Crippen LogP contribution is -2.42. The fourth-order valence-corrected chi connectivity index (χ4v) is 2.84. The van der Waals surface area contributed by atoms with Crippen LogP contribution < -0.4 is 5.32 Å². The van der Waals surface area contributed by atoms with Gasteiger partial charge in [0.2, 0.25) is 0 Å². The Balaban J connectivity index is 1.93. The van der Waals surface area contributed by atoms with E-state index in [0.717, 1.165) is 0 Å². The third-order valence-electron chi connectivity index (χ3n) is 4.30. The number of benzene rings is 2. The number of nitrogens with zero attached hydrogens (tertiary/aromatic N) is 1. The Morgan fingerprint density at radius 3 is 2.60 bits per heavy atom. The van der Waals surface area contributed by atoms with Gasteiger partial charge < -0.3 is 15.2 Å². The fraction of sp³-hybridized carbons (Fsp3) is 0.278. The van der Waals surface area contributed by atoms with Crippen molar-refractivity contribution in [1.29, 1.82) is 0 Å². The first-order valence-corrected chi connectivity index (χ1v) is 7.90. The van der Waals surface area contributed by atoms with Crippen LogP contribution >= 0.6 is 0 Å². The predicted molar refractivity (Wildman–Crippen MR) is 91.8 cm³/mol. The molecule has 130 valence electrons. The molecular formula is C18H18N2O5. The second-order valence-electron chi connectivity index (χ2n) is 6.05. The summed E-state index contributed by atoms with van der Waals surface area (Å²) >= 11 is 0. The van der Waals surface area contributed by atoms with Crippen LogP contribution in [-0.4, -0.2) is 41.2 Å². The SMILES string of the molecule is O=C(c1ccccc1)c1ccc(NC2(CO)CCOC2)c([N+](=O)[O-])c1. The Morgan fingerprint density at radius 1 is 1.24 bits per heavy atom. The molecule has 0 aromatic heterocycles. The first-order valence-electron chi connectivity index (χ1n) is 7.90. The monoisotopic (exact) mass is 342 g/mol. The Bertz CT molecular complexity index is 785. The first-order chi connectivity index (χ1) is 12.0. The molecule has 7 nitrogen and oxygen atoms in total. The van der Waals surface area contributed by atoms with Crippen LogP contribution in [0.2, 0.25) is 0 Å². The third kappa shape index (κ3) is 3.52. The number of nitrogens with one attached hydrogen (secondary N) is 1. The molecular weight excluding hydrogens is 324 g/mol. The van der Waals surface area contributed by atoms with Crippen LogP contribution in [-0.2, 0) is 4.74 Å². The van der Waals surface area contributed by atoms with Crippen LogP contribution in [0.1, 0.15) is 22.3 Å². The summed E-state index contributed by atoms with van der Waals surface area (Å²) < 4.78 is 5.30. The summed E-state index contributed by atoms with van der Waals surface area (Å²) in [6.45, 7) is 0.548. The molecule has 2 N–H and O–H groups in total. The summed E-state index contributed by atoms with van der Waals surface area (Å²) in [5.74, 6) is -0.281. The van der Waals surface area contributed by atoms with Gasteiger partial charge in [0.1, 0.15) is 5.69 Å². The van der Waals surface area contributed by atoms with E-state index in [9.17, 15) is 20.0 Å². The van der Waals surface area contributed by atoms with Crippen molar-refractivity contribution in [2.24, 2.45) is 0 Å². The molecule has 0 amide bonds. The minimum atomic E-state index is -0.740. The molecule has 7 heteroatoms. The zero-order chi connectivity index (χ0) is 17.9. The van der Waals surface area contributed by atoms with E-state index >= 15 is 0 Å². The van der Waals surface area contributed by atoms with E-state index in [1.54, 1.807) is 36.4 Å². The number of carbonyl (C=O) groups is 1. The number of carbonyl (C=O) groups excluding carboxylic acids is 1. The minimum Gasteiger partial charge on any atom is -0.394 e. The van der Waals surface area contributed by atoms with Crippen LogP contribution in [0.5, 0.6) is 0 Å². The van der Waals surface area contributed by atoms with Gasteiger partial charge >= 0.3 is 0 Å². The van der Waals surface area contributed by atoms with Gasteiger partial charge in [0.25, 0.3) is 5.69 Å². The van der Waals surface area contributed by atoms with Crippen LogP contribution in [0.4, 0.5) is 11.4 Å².